The van der Waals surface area contributed by atoms with Crippen LogP contribution in [0.2, 0.25) is 0 Å². The first kappa shape index (κ1) is 22.4. The van der Waals surface area contributed by atoms with Crippen molar-refractivity contribution in [1.29, 1.82) is 0 Å². The summed E-state index contributed by atoms with van der Waals surface area (Å²) in [6.07, 6.45) is 1.05. The van der Waals surface area contributed by atoms with Crippen LogP contribution in [0.5, 0.6) is 11.5 Å². The van der Waals surface area contributed by atoms with E-state index >= 15 is 0 Å². The van der Waals surface area contributed by atoms with E-state index in [1.807, 2.05) is 28.0 Å². The van der Waals surface area contributed by atoms with Crippen molar-refractivity contribution in [2.24, 2.45) is 11.8 Å². The molecule has 2 aliphatic heterocycles. The minimum absolute atomic E-state index is 0.0762. The van der Waals surface area contributed by atoms with Gasteiger partial charge in [-0.3, -0.25) is 14.5 Å². The highest BCUT2D eigenvalue weighted by molar-refractivity contribution is 5.89. The highest BCUT2D eigenvalue weighted by atomic mass is 16.5. The summed E-state index contributed by atoms with van der Waals surface area (Å²) in [7, 11) is 3.23. The van der Waals surface area contributed by atoms with E-state index in [9.17, 15) is 9.59 Å². The van der Waals surface area contributed by atoms with Gasteiger partial charge in [-0.25, -0.2) is 0 Å². The van der Waals surface area contributed by atoms with E-state index < -0.39 is 0 Å². The van der Waals surface area contributed by atoms with Crippen molar-refractivity contribution in [1.82, 2.24) is 14.7 Å². The maximum atomic E-state index is 12.9. The van der Waals surface area contributed by atoms with Gasteiger partial charge in [-0.05, 0) is 30.0 Å². The topological polar surface area (TPSA) is 62.3 Å². The van der Waals surface area contributed by atoms with E-state index in [-0.39, 0.29) is 17.7 Å². The van der Waals surface area contributed by atoms with Gasteiger partial charge in [0.1, 0.15) is 0 Å². The number of carbonyl (C=O) groups excluding carboxylic acids is 2. The predicted molar refractivity (Wildman–Crippen MR) is 116 cm³/mol. The van der Waals surface area contributed by atoms with Gasteiger partial charge in [-0.2, -0.15) is 0 Å². The molecule has 0 N–H and O–H groups in total. The van der Waals surface area contributed by atoms with Gasteiger partial charge < -0.3 is 19.3 Å². The van der Waals surface area contributed by atoms with Crippen molar-refractivity contribution >= 4 is 11.8 Å². The number of benzene rings is 1. The van der Waals surface area contributed by atoms with Crippen molar-refractivity contribution < 1.29 is 19.1 Å². The van der Waals surface area contributed by atoms with Crippen LogP contribution in [0.15, 0.2) is 18.2 Å². The average Bonchev–Trinajstić information content (AvgIpc) is 3.12. The van der Waals surface area contributed by atoms with Crippen LogP contribution >= 0.6 is 0 Å². The summed E-state index contributed by atoms with van der Waals surface area (Å²) in [6, 6.07) is 5.81. The molecule has 0 aliphatic carbocycles. The van der Waals surface area contributed by atoms with Crippen LogP contribution < -0.4 is 9.47 Å². The number of hydrogen-bond donors (Lipinski definition) is 0. The van der Waals surface area contributed by atoms with Crippen LogP contribution in [0.4, 0.5) is 0 Å². The molecule has 0 saturated carbocycles. The Morgan fingerprint density at radius 3 is 2.43 bits per heavy atom. The standard InChI is InChI=1S/C23H35N3O4/c1-17(2)15-24-9-11-25(12-10-24)23(28)19-14-22(27)26(16-19)8-7-18-5-6-20(29-3)21(13-18)30-4/h5-6,13,17,19H,7-12,14-16H2,1-4H3/t19-/m0/s1. The van der Waals surface area contributed by atoms with Gasteiger partial charge in [0.15, 0.2) is 11.5 Å². The number of methoxy groups -OCH3 is 2. The third-order valence-corrected chi connectivity index (χ3v) is 5.99. The Morgan fingerprint density at radius 2 is 1.80 bits per heavy atom. The van der Waals surface area contributed by atoms with Gasteiger partial charge in [0.05, 0.1) is 20.1 Å². The molecule has 0 spiro atoms. The molecular weight excluding hydrogens is 382 g/mol. The van der Waals surface area contributed by atoms with E-state index in [0.29, 0.717) is 36.9 Å². The fourth-order valence-electron chi connectivity index (χ4n) is 4.38. The molecule has 1 atom stereocenters. The van der Waals surface area contributed by atoms with Crippen LogP contribution in [-0.4, -0.2) is 86.5 Å². The van der Waals surface area contributed by atoms with Crippen molar-refractivity contribution in [2.45, 2.75) is 26.7 Å². The zero-order valence-electron chi connectivity index (χ0n) is 18.7. The number of likely N-dealkylation sites (tertiary alicyclic amines) is 1. The molecule has 0 radical (unpaired) electrons. The Bertz CT molecular complexity index is 744. The molecule has 2 saturated heterocycles. The number of hydrogen-bond acceptors (Lipinski definition) is 5. The second-order valence-electron chi connectivity index (χ2n) is 8.70. The SMILES string of the molecule is COc1ccc(CCN2C[C@@H](C(=O)N3CCN(CC(C)C)CC3)CC2=O)cc1OC. The highest BCUT2D eigenvalue weighted by Gasteiger charge is 2.37. The van der Waals surface area contributed by atoms with E-state index in [4.69, 9.17) is 9.47 Å². The third kappa shape index (κ3) is 5.45. The lowest BCUT2D eigenvalue weighted by molar-refractivity contribution is -0.137. The molecule has 30 heavy (non-hydrogen) atoms. The van der Waals surface area contributed by atoms with Gasteiger partial charge in [0, 0.05) is 52.2 Å². The van der Waals surface area contributed by atoms with Gasteiger partial charge >= 0.3 is 0 Å². The molecule has 7 heteroatoms. The summed E-state index contributed by atoms with van der Waals surface area (Å²) in [5, 5.41) is 0. The molecule has 1 aromatic rings. The lowest BCUT2D eigenvalue weighted by Gasteiger charge is -2.36. The second-order valence-corrected chi connectivity index (χ2v) is 8.70. The highest BCUT2D eigenvalue weighted by Crippen LogP contribution is 2.28. The van der Waals surface area contributed by atoms with E-state index in [1.165, 1.54) is 0 Å². The summed E-state index contributed by atoms with van der Waals surface area (Å²) >= 11 is 0. The first-order chi connectivity index (χ1) is 14.4. The Hall–Kier alpha value is -2.28. The molecule has 2 aliphatic rings. The van der Waals surface area contributed by atoms with Crippen molar-refractivity contribution in [3.8, 4) is 11.5 Å². The minimum atomic E-state index is -0.209. The molecule has 0 unspecified atom stereocenters. The summed E-state index contributed by atoms with van der Waals surface area (Å²) in [5.41, 5.74) is 1.08. The lowest BCUT2D eigenvalue weighted by atomic mass is 10.1. The third-order valence-electron chi connectivity index (χ3n) is 5.99. The van der Waals surface area contributed by atoms with Gasteiger partial charge in [-0.15, -0.1) is 0 Å². The van der Waals surface area contributed by atoms with Crippen LogP contribution in [0.3, 0.4) is 0 Å². The zero-order valence-corrected chi connectivity index (χ0v) is 18.7. The first-order valence-corrected chi connectivity index (χ1v) is 10.9. The van der Waals surface area contributed by atoms with Crippen LogP contribution in [0.25, 0.3) is 0 Å². The predicted octanol–water partition coefficient (Wildman–Crippen LogP) is 1.90. The minimum Gasteiger partial charge on any atom is -0.493 e. The maximum absolute atomic E-state index is 12.9. The molecule has 2 amide bonds. The molecule has 0 bridgehead atoms. The Labute approximate surface area is 179 Å². The van der Waals surface area contributed by atoms with Crippen LogP contribution in [0.1, 0.15) is 25.8 Å². The first-order valence-electron chi connectivity index (χ1n) is 10.9. The number of nitrogens with zero attached hydrogens (tertiary/aromatic N) is 3. The molecular formula is C23H35N3O4. The van der Waals surface area contributed by atoms with Crippen LogP contribution in [-0.2, 0) is 16.0 Å². The number of amides is 2. The lowest BCUT2D eigenvalue weighted by Crippen LogP contribution is -2.51. The van der Waals surface area contributed by atoms with Gasteiger partial charge in [-0.1, -0.05) is 19.9 Å². The fourth-order valence-corrected chi connectivity index (χ4v) is 4.38. The quantitative estimate of drug-likeness (QED) is 0.647. The van der Waals surface area contributed by atoms with Gasteiger partial charge in [0.2, 0.25) is 11.8 Å². The molecule has 3 rings (SSSR count). The number of rotatable bonds is 8. The molecule has 1 aromatic carbocycles. The normalized spacial score (nSPS) is 20.2. The van der Waals surface area contributed by atoms with Crippen LogP contribution in [0, 0.1) is 11.8 Å². The number of carbonyl (C=O) groups is 2. The second kappa shape index (κ2) is 10.2. The Morgan fingerprint density at radius 1 is 1.10 bits per heavy atom. The molecule has 2 heterocycles. The summed E-state index contributed by atoms with van der Waals surface area (Å²) in [4.78, 5) is 31.6. The molecule has 166 valence electrons. The number of ether oxygens (including phenoxy) is 2. The monoisotopic (exact) mass is 417 g/mol. The summed E-state index contributed by atoms with van der Waals surface area (Å²) < 4.78 is 10.6. The largest absolute Gasteiger partial charge is 0.493 e. The average molecular weight is 418 g/mol. The smallest absolute Gasteiger partial charge is 0.228 e. The Balaban J connectivity index is 1.50. The Kier molecular flexibility index (Phi) is 7.58. The zero-order chi connectivity index (χ0) is 21.7. The van der Waals surface area contributed by atoms with E-state index in [2.05, 4.69) is 18.7 Å². The van der Waals surface area contributed by atoms with E-state index in [1.54, 1.807) is 14.2 Å². The van der Waals surface area contributed by atoms with Gasteiger partial charge in [0.25, 0.3) is 0 Å². The van der Waals surface area contributed by atoms with E-state index in [0.717, 1.165) is 44.7 Å². The molecule has 2 fully saturated rings. The van der Waals surface area contributed by atoms with Crippen molar-refractivity contribution in [2.75, 3.05) is 60.0 Å². The fraction of sp³-hybridized carbons (Fsp3) is 0.652. The molecule has 0 aromatic heterocycles. The molecule has 7 nitrogen and oxygen atoms in total. The van der Waals surface area contributed by atoms with Crippen molar-refractivity contribution in [3.63, 3.8) is 0 Å². The number of piperazine rings is 1. The summed E-state index contributed by atoms with van der Waals surface area (Å²) in [5.74, 6) is 2.02. The maximum Gasteiger partial charge on any atom is 0.228 e. The summed E-state index contributed by atoms with van der Waals surface area (Å²) in [6.45, 7) is 10.0. The van der Waals surface area contributed by atoms with Crippen molar-refractivity contribution in [3.05, 3.63) is 23.8 Å².